The van der Waals surface area contributed by atoms with E-state index in [0.29, 0.717) is 31.7 Å². The Kier molecular flexibility index (Phi) is 9.06. The third-order valence-corrected chi connectivity index (χ3v) is 7.41. The maximum atomic E-state index is 13.5. The predicted octanol–water partition coefficient (Wildman–Crippen LogP) is 7.34. The zero-order valence-electron chi connectivity index (χ0n) is 21.8. The fourth-order valence-electron chi connectivity index (χ4n) is 4.56. The summed E-state index contributed by atoms with van der Waals surface area (Å²) in [6, 6.07) is 32.6. The minimum absolute atomic E-state index is 0.199. The molecule has 40 heavy (non-hydrogen) atoms. The highest BCUT2D eigenvalue weighted by Gasteiger charge is 2.19. The van der Waals surface area contributed by atoms with E-state index in [4.69, 9.17) is 0 Å². The number of halogens is 2. The molecule has 0 aliphatic heterocycles. The molecule has 1 heterocycles. The summed E-state index contributed by atoms with van der Waals surface area (Å²) in [5, 5.41) is 5.74. The van der Waals surface area contributed by atoms with Crippen LogP contribution < -0.4 is 5.32 Å². The number of thiazole rings is 1. The van der Waals surface area contributed by atoms with E-state index in [1.54, 1.807) is 29.6 Å². The van der Waals surface area contributed by atoms with Crippen LogP contribution in [0, 0.1) is 11.6 Å². The van der Waals surface area contributed by atoms with Crippen LogP contribution in [0.2, 0.25) is 0 Å². The van der Waals surface area contributed by atoms with Gasteiger partial charge in [-0.3, -0.25) is 9.69 Å². The average Bonchev–Trinajstić information content (AvgIpc) is 3.45. The van der Waals surface area contributed by atoms with Crippen molar-refractivity contribution in [3.05, 3.63) is 159 Å². The molecule has 1 N–H and O–H groups in total. The molecular formula is C33H29F2N3OS. The Morgan fingerprint density at radius 2 is 1.27 bits per heavy atom. The Morgan fingerprint density at radius 3 is 1.85 bits per heavy atom. The third kappa shape index (κ3) is 7.68. The quantitative estimate of drug-likeness (QED) is 0.186. The van der Waals surface area contributed by atoms with E-state index in [2.05, 4.69) is 27.3 Å². The molecule has 1 aromatic heterocycles. The summed E-state index contributed by atoms with van der Waals surface area (Å²) in [6.45, 7) is 1.58. The average molecular weight is 554 g/mol. The molecule has 0 radical (unpaired) electrons. The van der Waals surface area contributed by atoms with Gasteiger partial charge in [-0.15, -0.1) is 11.3 Å². The number of nitrogens with one attached hydrogen (secondary N) is 1. The van der Waals surface area contributed by atoms with Gasteiger partial charge in [-0.25, -0.2) is 13.8 Å². The second-order valence-electron chi connectivity index (χ2n) is 9.65. The van der Waals surface area contributed by atoms with Gasteiger partial charge in [0.1, 0.15) is 22.3 Å². The number of amides is 1. The second-order valence-corrected chi connectivity index (χ2v) is 10.6. The highest BCUT2D eigenvalue weighted by molar-refractivity contribution is 7.09. The fraction of sp³-hybridized carbons (Fsp3) is 0.152. The lowest BCUT2D eigenvalue weighted by Gasteiger charge is -2.21. The number of carbonyl (C=O) groups is 1. The maximum Gasteiger partial charge on any atom is 0.271 e. The normalized spacial score (nSPS) is 11.9. The Balaban J connectivity index is 1.30. The number of benzene rings is 4. The van der Waals surface area contributed by atoms with Crippen LogP contribution in [0.3, 0.4) is 0 Å². The van der Waals surface area contributed by atoms with Gasteiger partial charge >= 0.3 is 0 Å². The van der Waals surface area contributed by atoms with Crippen molar-refractivity contribution >= 4 is 17.2 Å². The minimum atomic E-state index is -0.287. The first kappa shape index (κ1) is 27.4. The van der Waals surface area contributed by atoms with Gasteiger partial charge in [-0.1, -0.05) is 84.9 Å². The highest BCUT2D eigenvalue weighted by atomic mass is 32.1. The summed E-state index contributed by atoms with van der Waals surface area (Å²) in [5.74, 6) is -0.799. The molecule has 4 nitrogen and oxygen atoms in total. The van der Waals surface area contributed by atoms with Crippen LogP contribution in [0.15, 0.2) is 115 Å². The number of rotatable bonds is 11. The van der Waals surface area contributed by atoms with Gasteiger partial charge in [0.05, 0.1) is 12.6 Å². The Labute approximate surface area is 237 Å². The second kappa shape index (κ2) is 13.2. The van der Waals surface area contributed by atoms with E-state index in [-0.39, 0.29) is 23.6 Å². The molecule has 0 fully saturated rings. The SMILES string of the molecule is O=C(N[C@H](Cc1ccccc1)c1ccccc1)c1csc(CN(Cc2ccc(F)cc2)Cc2ccc(F)cc2)n1. The van der Waals surface area contributed by atoms with Gasteiger partial charge in [0.15, 0.2) is 0 Å². The molecule has 7 heteroatoms. The van der Waals surface area contributed by atoms with Crippen molar-refractivity contribution in [2.75, 3.05) is 0 Å². The molecule has 1 amide bonds. The monoisotopic (exact) mass is 553 g/mol. The van der Waals surface area contributed by atoms with Crippen LogP contribution in [0.1, 0.15) is 43.8 Å². The number of hydrogen-bond acceptors (Lipinski definition) is 4. The van der Waals surface area contributed by atoms with E-state index in [1.165, 1.54) is 35.6 Å². The number of carbonyl (C=O) groups excluding carboxylic acids is 1. The highest BCUT2D eigenvalue weighted by Crippen LogP contribution is 2.21. The summed E-state index contributed by atoms with van der Waals surface area (Å²) >= 11 is 1.43. The first-order valence-electron chi connectivity index (χ1n) is 13.1. The first-order chi connectivity index (χ1) is 19.5. The molecule has 4 aromatic carbocycles. The van der Waals surface area contributed by atoms with E-state index >= 15 is 0 Å². The molecule has 0 saturated carbocycles. The minimum Gasteiger partial charge on any atom is -0.344 e. The van der Waals surface area contributed by atoms with Crippen molar-refractivity contribution in [3.63, 3.8) is 0 Å². The van der Waals surface area contributed by atoms with E-state index < -0.39 is 0 Å². The van der Waals surface area contributed by atoms with E-state index in [1.807, 2.05) is 48.5 Å². The summed E-state index contributed by atoms with van der Waals surface area (Å²) < 4.78 is 26.9. The maximum absolute atomic E-state index is 13.5. The lowest BCUT2D eigenvalue weighted by Crippen LogP contribution is -2.30. The molecule has 0 aliphatic rings. The topological polar surface area (TPSA) is 45.2 Å². The standard InChI is InChI=1S/C33H29F2N3OS/c34-28-15-11-25(12-16-28)20-38(21-26-13-17-29(35)18-14-26)22-32-36-31(23-40-32)33(39)37-30(27-9-5-2-6-10-27)19-24-7-3-1-4-8-24/h1-18,23,30H,19-22H2,(H,37,39)/t30-/m1/s1. The van der Waals surface area contributed by atoms with Gasteiger partial charge in [-0.05, 0) is 52.9 Å². The Bertz CT molecular complexity index is 1460. The number of nitrogens with zero attached hydrogens (tertiary/aromatic N) is 2. The Morgan fingerprint density at radius 1 is 0.725 bits per heavy atom. The van der Waals surface area contributed by atoms with Crippen LogP contribution in [0.5, 0.6) is 0 Å². The van der Waals surface area contributed by atoms with Gasteiger partial charge in [0.2, 0.25) is 0 Å². The molecular weight excluding hydrogens is 524 g/mol. The van der Waals surface area contributed by atoms with Crippen molar-refractivity contribution in [1.29, 1.82) is 0 Å². The molecule has 0 saturated heterocycles. The van der Waals surface area contributed by atoms with Gasteiger partial charge in [-0.2, -0.15) is 0 Å². The van der Waals surface area contributed by atoms with Crippen molar-refractivity contribution < 1.29 is 13.6 Å². The van der Waals surface area contributed by atoms with E-state index in [9.17, 15) is 13.6 Å². The third-order valence-electron chi connectivity index (χ3n) is 6.57. The smallest absolute Gasteiger partial charge is 0.271 e. The van der Waals surface area contributed by atoms with Crippen LogP contribution in [0.25, 0.3) is 0 Å². The molecule has 0 unspecified atom stereocenters. The van der Waals surface area contributed by atoms with Gasteiger partial charge in [0, 0.05) is 18.5 Å². The molecule has 202 valence electrons. The largest absolute Gasteiger partial charge is 0.344 e. The van der Waals surface area contributed by atoms with E-state index in [0.717, 1.165) is 27.3 Å². The van der Waals surface area contributed by atoms with Crippen LogP contribution in [-0.4, -0.2) is 15.8 Å². The van der Waals surface area contributed by atoms with Gasteiger partial charge in [0.25, 0.3) is 5.91 Å². The lowest BCUT2D eigenvalue weighted by molar-refractivity contribution is 0.0931. The van der Waals surface area contributed by atoms with Crippen LogP contribution >= 0.6 is 11.3 Å². The molecule has 0 bridgehead atoms. The summed E-state index contributed by atoms with van der Waals surface area (Å²) in [4.78, 5) is 20.1. The van der Waals surface area contributed by atoms with Crippen molar-refractivity contribution in [2.45, 2.75) is 32.1 Å². The van der Waals surface area contributed by atoms with Crippen molar-refractivity contribution in [3.8, 4) is 0 Å². The molecule has 0 spiro atoms. The van der Waals surface area contributed by atoms with Gasteiger partial charge < -0.3 is 5.32 Å². The van der Waals surface area contributed by atoms with Crippen molar-refractivity contribution in [2.24, 2.45) is 0 Å². The molecule has 5 aromatic rings. The first-order valence-corrected chi connectivity index (χ1v) is 14.0. The number of hydrogen-bond donors (Lipinski definition) is 1. The summed E-state index contributed by atoms with van der Waals surface area (Å²) in [7, 11) is 0. The van der Waals surface area contributed by atoms with Crippen LogP contribution in [-0.2, 0) is 26.1 Å². The summed E-state index contributed by atoms with van der Waals surface area (Å²) in [6.07, 6.45) is 0.663. The molecule has 0 aliphatic carbocycles. The predicted molar refractivity (Wildman–Crippen MR) is 155 cm³/mol. The lowest BCUT2D eigenvalue weighted by atomic mass is 9.99. The molecule has 1 atom stereocenters. The zero-order valence-corrected chi connectivity index (χ0v) is 22.7. The molecule has 5 rings (SSSR count). The van der Waals surface area contributed by atoms with Crippen LogP contribution in [0.4, 0.5) is 8.78 Å². The Hall–Kier alpha value is -4.20. The number of aromatic nitrogens is 1. The summed E-state index contributed by atoms with van der Waals surface area (Å²) in [5.41, 5.74) is 4.43. The zero-order chi connectivity index (χ0) is 27.7. The van der Waals surface area contributed by atoms with Crippen molar-refractivity contribution in [1.82, 2.24) is 15.2 Å². The fourth-order valence-corrected chi connectivity index (χ4v) is 5.38.